The third kappa shape index (κ3) is 2.09. The highest BCUT2D eigenvalue weighted by Crippen LogP contribution is 2.31. The predicted octanol–water partition coefficient (Wildman–Crippen LogP) is 2.69. The average Bonchev–Trinajstić information content (AvgIpc) is 2.48. The van der Waals surface area contributed by atoms with Crippen molar-refractivity contribution in [2.75, 3.05) is 11.4 Å². The maximum atomic E-state index is 12.6. The lowest BCUT2D eigenvalue weighted by Gasteiger charge is -2.29. The highest BCUT2D eigenvalue weighted by Gasteiger charge is 2.25. The predicted molar refractivity (Wildman–Crippen MR) is 76.2 cm³/mol. The van der Waals surface area contributed by atoms with E-state index in [9.17, 15) is 15.0 Å². The van der Waals surface area contributed by atoms with Crippen LogP contribution in [-0.4, -0.2) is 22.7 Å². The largest absolute Gasteiger partial charge is 0.508 e. The fourth-order valence-electron chi connectivity index (χ4n) is 2.59. The van der Waals surface area contributed by atoms with Gasteiger partial charge in [0.2, 0.25) is 0 Å². The van der Waals surface area contributed by atoms with Crippen molar-refractivity contribution in [3.63, 3.8) is 0 Å². The number of anilines is 1. The number of phenolic OH excluding ortho intramolecular Hbond substituents is 2. The maximum absolute atomic E-state index is 12.6. The Kier molecular flexibility index (Phi) is 3.06. The van der Waals surface area contributed by atoms with Crippen molar-refractivity contribution < 1.29 is 15.0 Å². The smallest absolute Gasteiger partial charge is 0.262 e. The van der Waals surface area contributed by atoms with Crippen LogP contribution >= 0.6 is 0 Å². The summed E-state index contributed by atoms with van der Waals surface area (Å²) in [6.07, 6.45) is 1.84. The molecule has 1 aliphatic rings. The van der Waals surface area contributed by atoms with Gasteiger partial charge in [0.05, 0.1) is 5.56 Å². The number of benzene rings is 2. The number of carbonyl (C=O) groups excluding carboxylic acids is 1. The van der Waals surface area contributed by atoms with Crippen LogP contribution in [-0.2, 0) is 6.42 Å². The third-order valence-electron chi connectivity index (χ3n) is 3.57. The molecule has 2 aromatic carbocycles. The van der Waals surface area contributed by atoms with E-state index in [0.29, 0.717) is 6.54 Å². The first-order chi connectivity index (χ1) is 9.66. The standard InChI is InChI=1S/C16H15NO3/c18-12-7-8-15(19)13(10-12)16(20)17-9-3-5-11-4-1-2-6-14(11)17/h1-2,4,6-8,10,18-19H,3,5,9H2. The Balaban J connectivity index is 2.02. The van der Waals surface area contributed by atoms with Gasteiger partial charge < -0.3 is 15.1 Å². The van der Waals surface area contributed by atoms with Crippen LogP contribution in [0.2, 0.25) is 0 Å². The number of para-hydroxylation sites is 1. The quantitative estimate of drug-likeness (QED) is 0.782. The van der Waals surface area contributed by atoms with Gasteiger partial charge in [0, 0.05) is 12.2 Å². The van der Waals surface area contributed by atoms with Gasteiger partial charge in [-0.1, -0.05) is 18.2 Å². The van der Waals surface area contributed by atoms with Gasteiger partial charge in [0.15, 0.2) is 0 Å². The number of amides is 1. The number of aryl methyl sites for hydroxylation is 1. The Morgan fingerprint density at radius 1 is 1.10 bits per heavy atom. The number of rotatable bonds is 1. The molecule has 4 heteroatoms. The molecule has 0 radical (unpaired) electrons. The summed E-state index contributed by atoms with van der Waals surface area (Å²) in [7, 11) is 0. The second-order valence-corrected chi connectivity index (χ2v) is 4.89. The molecule has 0 spiro atoms. The van der Waals surface area contributed by atoms with Crippen molar-refractivity contribution in [1.82, 2.24) is 0 Å². The minimum atomic E-state index is -0.287. The molecule has 0 fully saturated rings. The molecule has 102 valence electrons. The Morgan fingerprint density at radius 3 is 2.75 bits per heavy atom. The highest BCUT2D eigenvalue weighted by atomic mass is 16.3. The van der Waals surface area contributed by atoms with Crippen LogP contribution < -0.4 is 4.90 Å². The van der Waals surface area contributed by atoms with Crippen molar-refractivity contribution in [3.8, 4) is 11.5 Å². The number of hydrogen-bond donors (Lipinski definition) is 2. The molecule has 1 amide bonds. The van der Waals surface area contributed by atoms with Crippen molar-refractivity contribution in [2.24, 2.45) is 0 Å². The molecular formula is C16H15NO3. The maximum Gasteiger partial charge on any atom is 0.262 e. The normalized spacial score (nSPS) is 13.9. The lowest BCUT2D eigenvalue weighted by molar-refractivity contribution is 0.0982. The molecule has 0 saturated carbocycles. The zero-order chi connectivity index (χ0) is 14.1. The molecule has 0 aromatic heterocycles. The summed E-state index contributed by atoms with van der Waals surface area (Å²) in [4.78, 5) is 14.3. The van der Waals surface area contributed by atoms with E-state index in [1.165, 1.54) is 18.2 Å². The van der Waals surface area contributed by atoms with Crippen LogP contribution in [0.4, 0.5) is 5.69 Å². The highest BCUT2D eigenvalue weighted by molar-refractivity contribution is 6.08. The molecule has 3 rings (SSSR count). The van der Waals surface area contributed by atoms with Crippen molar-refractivity contribution in [1.29, 1.82) is 0 Å². The van der Waals surface area contributed by atoms with E-state index in [0.717, 1.165) is 24.1 Å². The van der Waals surface area contributed by atoms with E-state index >= 15 is 0 Å². The Morgan fingerprint density at radius 2 is 1.90 bits per heavy atom. The molecule has 0 bridgehead atoms. The van der Waals surface area contributed by atoms with E-state index < -0.39 is 0 Å². The summed E-state index contributed by atoms with van der Waals surface area (Å²) in [6, 6.07) is 11.8. The second-order valence-electron chi connectivity index (χ2n) is 4.89. The van der Waals surface area contributed by atoms with Crippen LogP contribution in [0.25, 0.3) is 0 Å². The minimum Gasteiger partial charge on any atom is -0.508 e. The first-order valence-corrected chi connectivity index (χ1v) is 6.58. The van der Waals surface area contributed by atoms with Gasteiger partial charge in [0.1, 0.15) is 11.5 Å². The molecule has 0 saturated heterocycles. The van der Waals surface area contributed by atoms with E-state index in [-0.39, 0.29) is 23.0 Å². The minimum absolute atomic E-state index is 0.0311. The van der Waals surface area contributed by atoms with E-state index in [1.807, 2.05) is 24.3 Å². The SMILES string of the molecule is O=C(c1cc(O)ccc1O)N1CCCc2ccccc21. The molecule has 4 nitrogen and oxygen atoms in total. The molecule has 20 heavy (non-hydrogen) atoms. The van der Waals surface area contributed by atoms with Gasteiger partial charge in [-0.25, -0.2) is 0 Å². The first kappa shape index (κ1) is 12.5. The number of fused-ring (bicyclic) bond motifs is 1. The van der Waals surface area contributed by atoms with E-state index in [4.69, 9.17) is 0 Å². The summed E-state index contributed by atoms with van der Waals surface area (Å²) in [6.45, 7) is 0.616. The zero-order valence-electron chi connectivity index (χ0n) is 10.9. The van der Waals surface area contributed by atoms with Gasteiger partial charge in [-0.3, -0.25) is 4.79 Å². The molecular weight excluding hydrogens is 254 g/mol. The van der Waals surface area contributed by atoms with E-state index in [1.54, 1.807) is 4.90 Å². The monoisotopic (exact) mass is 269 g/mol. The summed E-state index contributed by atoms with van der Waals surface area (Å²) in [5, 5.41) is 19.3. The van der Waals surface area contributed by atoms with Gasteiger partial charge in [0.25, 0.3) is 5.91 Å². The first-order valence-electron chi connectivity index (χ1n) is 6.58. The lowest BCUT2D eigenvalue weighted by atomic mass is 10.0. The number of aromatic hydroxyl groups is 2. The van der Waals surface area contributed by atoms with Crippen molar-refractivity contribution in [3.05, 3.63) is 53.6 Å². The topological polar surface area (TPSA) is 60.8 Å². The fourth-order valence-corrected chi connectivity index (χ4v) is 2.59. The Hall–Kier alpha value is -2.49. The molecule has 2 N–H and O–H groups in total. The van der Waals surface area contributed by atoms with Gasteiger partial charge in [-0.2, -0.15) is 0 Å². The molecule has 2 aromatic rings. The van der Waals surface area contributed by atoms with Crippen LogP contribution in [0.5, 0.6) is 11.5 Å². The number of nitrogens with zero attached hydrogens (tertiary/aromatic N) is 1. The Bertz CT molecular complexity index is 667. The lowest BCUT2D eigenvalue weighted by Crippen LogP contribution is -2.35. The molecule has 0 aliphatic carbocycles. The summed E-state index contributed by atoms with van der Waals surface area (Å²) >= 11 is 0. The summed E-state index contributed by atoms with van der Waals surface area (Å²) in [5.74, 6) is -0.433. The summed E-state index contributed by atoms with van der Waals surface area (Å²) in [5.41, 5.74) is 2.14. The van der Waals surface area contributed by atoms with Gasteiger partial charge in [-0.15, -0.1) is 0 Å². The number of carbonyl (C=O) groups is 1. The van der Waals surface area contributed by atoms with Crippen molar-refractivity contribution >= 4 is 11.6 Å². The van der Waals surface area contributed by atoms with Gasteiger partial charge in [-0.05, 0) is 42.7 Å². The summed E-state index contributed by atoms with van der Waals surface area (Å²) < 4.78 is 0. The zero-order valence-corrected chi connectivity index (χ0v) is 10.9. The molecule has 0 atom stereocenters. The fraction of sp³-hybridized carbons (Fsp3) is 0.188. The van der Waals surface area contributed by atoms with Crippen LogP contribution in [0.3, 0.4) is 0 Å². The van der Waals surface area contributed by atoms with Crippen LogP contribution in [0, 0.1) is 0 Å². The van der Waals surface area contributed by atoms with E-state index in [2.05, 4.69) is 0 Å². The molecule has 1 heterocycles. The average molecular weight is 269 g/mol. The number of phenols is 2. The molecule has 1 aliphatic heterocycles. The van der Waals surface area contributed by atoms with Crippen LogP contribution in [0.1, 0.15) is 22.3 Å². The Labute approximate surface area is 116 Å². The molecule has 0 unspecified atom stereocenters. The third-order valence-corrected chi connectivity index (χ3v) is 3.57. The van der Waals surface area contributed by atoms with Crippen LogP contribution in [0.15, 0.2) is 42.5 Å². The number of hydrogen-bond acceptors (Lipinski definition) is 3. The van der Waals surface area contributed by atoms with Crippen molar-refractivity contribution in [2.45, 2.75) is 12.8 Å². The van der Waals surface area contributed by atoms with Gasteiger partial charge >= 0.3 is 0 Å². The second kappa shape index (κ2) is 4.89.